The minimum Gasteiger partial charge on any atom is -0.370 e. The van der Waals surface area contributed by atoms with Crippen molar-refractivity contribution in [3.05, 3.63) is 113 Å². The van der Waals surface area contributed by atoms with Gasteiger partial charge in [0.1, 0.15) is 11.4 Å². The van der Waals surface area contributed by atoms with Crippen molar-refractivity contribution in [2.45, 2.75) is 39.3 Å². The molecule has 42 heavy (non-hydrogen) atoms. The van der Waals surface area contributed by atoms with Crippen LogP contribution in [0.25, 0.3) is 0 Å². The normalized spacial score (nSPS) is 16.5. The highest BCUT2D eigenvalue weighted by atomic mass is 16.6. The molecule has 0 bridgehead atoms. The van der Waals surface area contributed by atoms with E-state index in [1.165, 1.54) is 10.5 Å². The van der Waals surface area contributed by atoms with E-state index >= 15 is 0 Å². The van der Waals surface area contributed by atoms with Crippen LogP contribution in [0.3, 0.4) is 0 Å². The highest BCUT2D eigenvalue weighted by molar-refractivity contribution is 6.23. The Bertz CT molecular complexity index is 1590. The van der Waals surface area contributed by atoms with Gasteiger partial charge in [-0.2, -0.15) is 0 Å². The molecule has 1 aromatic heterocycles. The number of nitrogens with zero attached hydrogens (tertiary/aromatic N) is 5. The Morgan fingerprint density at radius 3 is 2.38 bits per heavy atom. The van der Waals surface area contributed by atoms with Crippen LogP contribution in [0, 0.1) is 12.8 Å². The molecule has 3 aromatic carbocycles. The molecule has 1 saturated heterocycles. The van der Waals surface area contributed by atoms with Crippen molar-refractivity contribution in [2.75, 3.05) is 24.5 Å². The lowest BCUT2D eigenvalue weighted by molar-refractivity contribution is -0.136. The van der Waals surface area contributed by atoms with Gasteiger partial charge in [-0.25, -0.2) is 4.63 Å². The highest BCUT2D eigenvalue weighted by Crippen LogP contribution is 2.35. The largest absolute Gasteiger partial charge is 0.370 e. The summed E-state index contributed by atoms with van der Waals surface area (Å²) < 4.78 is 4.76. The van der Waals surface area contributed by atoms with E-state index in [1.54, 1.807) is 19.1 Å². The van der Waals surface area contributed by atoms with Crippen LogP contribution < -0.4 is 4.90 Å². The van der Waals surface area contributed by atoms with Crippen molar-refractivity contribution < 1.29 is 19.0 Å². The molecule has 214 valence electrons. The number of carbonyl (C=O) groups is 3. The molecule has 0 N–H and O–H groups in total. The first kappa shape index (κ1) is 27.4. The third-order valence-electron chi connectivity index (χ3n) is 8.18. The Kier molecular flexibility index (Phi) is 7.81. The minimum absolute atomic E-state index is 0.00189. The van der Waals surface area contributed by atoms with Crippen LogP contribution in [0.15, 0.2) is 83.5 Å². The number of anilines is 1. The molecule has 1 atom stereocenters. The number of piperidine rings is 1. The predicted molar refractivity (Wildman–Crippen MR) is 157 cm³/mol. The number of aryl methyl sites for hydroxylation is 1. The zero-order valence-electron chi connectivity index (χ0n) is 23.6. The van der Waals surface area contributed by atoms with Gasteiger partial charge >= 0.3 is 0 Å². The van der Waals surface area contributed by atoms with Crippen LogP contribution in [0.5, 0.6) is 0 Å². The van der Waals surface area contributed by atoms with E-state index in [2.05, 4.69) is 27.3 Å². The first-order valence-corrected chi connectivity index (χ1v) is 14.4. The van der Waals surface area contributed by atoms with Crippen LogP contribution in [0.1, 0.15) is 56.1 Å². The van der Waals surface area contributed by atoms with E-state index in [1.807, 2.05) is 59.5 Å². The molecule has 6 rings (SSSR count). The van der Waals surface area contributed by atoms with Crippen molar-refractivity contribution in [1.29, 1.82) is 0 Å². The number of benzene rings is 3. The van der Waals surface area contributed by atoms with E-state index in [0.29, 0.717) is 54.4 Å². The molecular weight excluding hydrogens is 530 g/mol. The topological polar surface area (TPSA) is 99.8 Å². The third kappa shape index (κ3) is 5.54. The fraction of sp³-hybridized carbons (Fsp3) is 0.303. The van der Waals surface area contributed by atoms with Gasteiger partial charge in [0.15, 0.2) is 0 Å². The molecule has 4 aromatic rings. The van der Waals surface area contributed by atoms with E-state index < -0.39 is 0 Å². The van der Waals surface area contributed by atoms with Crippen molar-refractivity contribution in [2.24, 2.45) is 5.92 Å². The lowest BCUT2D eigenvalue weighted by Crippen LogP contribution is -2.45. The molecule has 1 unspecified atom stereocenters. The molecule has 2 aliphatic rings. The van der Waals surface area contributed by atoms with Crippen molar-refractivity contribution in [3.63, 3.8) is 0 Å². The average molecular weight is 564 g/mol. The van der Waals surface area contributed by atoms with E-state index in [9.17, 15) is 14.4 Å². The second kappa shape index (κ2) is 12.0. The highest BCUT2D eigenvalue weighted by Gasteiger charge is 2.40. The zero-order chi connectivity index (χ0) is 29.1. The van der Waals surface area contributed by atoms with Gasteiger partial charge in [-0.3, -0.25) is 19.3 Å². The SMILES string of the molecule is Cc1nonc1CN1C(=O)c2cccc(N3CCCC(C(=O)N(CCc4ccccc4)Cc4ccccc4)C3)c2C1=O. The molecule has 0 aliphatic carbocycles. The second-order valence-corrected chi connectivity index (χ2v) is 11.0. The third-order valence-corrected chi connectivity index (χ3v) is 8.18. The maximum atomic E-state index is 14.1. The Hall–Kier alpha value is -4.79. The number of fused-ring (bicyclic) bond motifs is 1. The second-order valence-electron chi connectivity index (χ2n) is 11.0. The molecule has 0 radical (unpaired) electrons. The first-order chi connectivity index (χ1) is 20.5. The van der Waals surface area contributed by atoms with Gasteiger partial charge in [-0.05, 0) is 49.4 Å². The molecule has 3 heterocycles. The lowest BCUT2D eigenvalue weighted by Gasteiger charge is -2.37. The number of hydrogen-bond donors (Lipinski definition) is 0. The Morgan fingerprint density at radius 1 is 0.929 bits per heavy atom. The van der Waals surface area contributed by atoms with E-state index in [-0.39, 0.29) is 30.2 Å². The lowest BCUT2D eigenvalue weighted by atomic mass is 9.94. The summed E-state index contributed by atoms with van der Waals surface area (Å²) in [5.41, 5.74) is 4.72. The predicted octanol–water partition coefficient (Wildman–Crippen LogP) is 4.66. The fourth-order valence-electron chi connectivity index (χ4n) is 5.90. The van der Waals surface area contributed by atoms with Crippen molar-refractivity contribution in [1.82, 2.24) is 20.1 Å². The summed E-state index contributed by atoms with van der Waals surface area (Å²) in [7, 11) is 0. The van der Waals surface area contributed by atoms with Crippen LogP contribution >= 0.6 is 0 Å². The number of amides is 3. The van der Waals surface area contributed by atoms with Gasteiger partial charge in [0, 0.05) is 26.2 Å². The summed E-state index contributed by atoms with van der Waals surface area (Å²) in [6.07, 6.45) is 2.36. The monoisotopic (exact) mass is 563 g/mol. The standard InChI is InChI=1S/C33H33N5O4/c1-23-28(35-42-34-23)22-38-32(40)27-15-8-16-29(30(27)33(38)41)36-18-9-14-26(21-36)31(39)37(20-25-12-6-3-7-13-25)19-17-24-10-4-2-5-11-24/h2-8,10-13,15-16,26H,9,14,17-22H2,1H3. The number of rotatable bonds is 9. The van der Waals surface area contributed by atoms with Crippen LogP contribution in [0.4, 0.5) is 5.69 Å². The van der Waals surface area contributed by atoms with Gasteiger partial charge in [0.05, 0.1) is 29.3 Å². The first-order valence-electron chi connectivity index (χ1n) is 14.4. The average Bonchev–Trinajstić information content (AvgIpc) is 3.55. The number of hydrogen-bond acceptors (Lipinski definition) is 7. The molecule has 1 fully saturated rings. The van der Waals surface area contributed by atoms with Crippen LogP contribution in [-0.4, -0.2) is 57.5 Å². The summed E-state index contributed by atoms with van der Waals surface area (Å²) in [6.45, 7) is 4.07. The number of imide groups is 1. The molecular formula is C33H33N5O4. The summed E-state index contributed by atoms with van der Waals surface area (Å²) in [4.78, 5) is 46.2. The molecule has 2 aliphatic heterocycles. The molecule has 9 nitrogen and oxygen atoms in total. The Balaban J connectivity index is 1.21. The Morgan fingerprint density at radius 2 is 1.67 bits per heavy atom. The van der Waals surface area contributed by atoms with Gasteiger partial charge in [0.2, 0.25) is 5.91 Å². The number of carbonyl (C=O) groups excluding carboxylic acids is 3. The number of aromatic nitrogens is 2. The summed E-state index contributed by atoms with van der Waals surface area (Å²) in [6, 6.07) is 25.7. The fourth-order valence-corrected chi connectivity index (χ4v) is 5.90. The summed E-state index contributed by atoms with van der Waals surface area (Å²) in [5, 5.41) is 7.61. The molecule has 9 heteroatoms. The maximum Gasteiger partial charge on any atom is 0.264 e. The van der Waals surface area contributed by atoms with Gasteiger partial charge in [-0.1, -0.05) is 77.0 Å². The quantitative estimate of drug-likeness (QED) is 0.273. The van der Waals surface area contributed by atoms with Gasteiger partial charge in [0.25, 0.3) is 11.8 Å². The van der Waals surface area contributed by atoms with Crippen LogP contribution in [0.2, 0.25) is 0 Å². The minimum atomic E-state index is -0.366. The van der Waals surface area contributed by atoms with E-state index in [4.69, 9.17) is 4.63 Å². The van der Waals surface area contributed by atoms with Crippen molar-refractivity contribution >= 4 is 23.4 Å². The summed E-state index contributed by atoms with van der Waals surface area (Å²) >= 11 is 0. The van der Waals surface area contributed by atoms with Gasteiger partial charge < -0.3 is 9.80 Å². The maximum absolute atomic E-state index is 14.1. The molecule has 0 saturated carbocycles. The molecule has 0 spiro atoms. The van der Waals surface area contributed by atoms with Crippen molar-refractivity contribution in [3.8, 4) is 0 Å². The van der Waals surface area contributed by atoms with Crippen LogP contribution in [-0.2, 0) is 24.3 Å². The van der Waals surface area contributed by atoms with Gasteiger partial charge in [-0.15, -0.1) is 0 Å². The Labute approximate surface area is 244 Å². The zero-order valence-corrected chi connectivity index (χ0v) is 23.6. The van der Waals surface area contributed by atoms with E-state index in [0.717, 1.165) is 24.8 Å². The summed E-state index contributed by atoms with van der Waals surface area (Å²) in [5.74, 6) is -0.833. The smallest absolute Gasteiger partial charge is 0.264 e. The molecule has 3 amide bonds.